The third kappa shape index (κ3) is 4.11. The van der Waals surface area contributed by atoms with E-state index in [0.29, 0.717) is 24.0 Å². The van der Waals surface area contributed by atoms with Crippen LogP contribution in [0, 0.1) is 12.7 Å². The largest absolute Gasteiger partial charge is 0.309 e. The molecule has 1 aliphatic heterocycles. The Morgan fingerprint density at radius 3 is 2.69 bits per heavy atom. The molecule has 1 amide bonds. The highest BCUT2D eigenvalue weighted by Crippen LogP contribution is 2.27. The van der Waals surface area contributed by atoms with Gasteiger partial charge in [-0.15, -0.1) is 10.2 Å². The lowest BCUT2D eigenvalue weighted by atomic mass is 9.96. The summed E-state index contributed by atoms with van der Waals surface area (Å²) in [6.07, 6.45) is 3.85. The number of rotatable bonds is 5. The number of aryl methyl sites for hydroxylation is 1. The fraction of sp³-hybridized carbons (Fsp3) is 0.304. The van der Waals surface area contributed by atoms with E-state index in [1.165, 1.54) is 12.1 Å². The first-order chi connectivity index (χ1) is 15.6. The number of benzene rings is 1. The highest BCUT2D eigenvalue weighted by molar-refractivity contribution is 5.91. The fourth-order valence-electron chi connectivity index (χ4n) is 4.24. The molecular weight excluding hydrogens is 409 g/mol. The van der Waals surface area contributed by atoms with E-state index in [2.05, 4.69) is 25.5 Å². The number of fused-ring (bicyclic) bond motifs is 1. The summed E-state index contributed by atoms with van der Waals surface area (Å²) in [7, 11) is 0. The quantitative estimate of drug-likeness (QED) is 0.523. The molecule has 9 heteroatoms. The van der Waals surface area contributed by atoms with Crippen LogP contribution < -0.4 is 5.32 Å². The first kappa shape index (κ1) is 20.3. The average molecular weight is 433 g/mol. The van der Waals surface area contributed by atoms with E-state index in [0.717, 1.165) is 43.1 Å². The van der Waals surface area contributed by atoms with E-state index in [4.69, 9.17) is 0 Å². The Bertz CT molecular complexity index is 1240. The first-order valence-corrected chi connectivity index (χ1v) is 10.7. The molecular formula is C23H24FN7O. The molecule has 1 saturated heterocycles. The van der Waals surface area contributed by atoms with Gasteiger partial charge in [0, 0.05) is 18.2 Å². The van der Waals surface area contributed by atoms with Gasteiger partial charge < -0.3 is 5.32 Å². The van der Waals surface area contributed by atoms with Crippen molar-refractivity contribution < 1.29 is 9.18 Å². The summed E-state index contributed by atoms with van der Waals surface area (Å²) in [6, 6.07) is 13.7. The van der Waals surface area contributed by atoms with E-state index in [1.807, 2.05) is 41.8 Å². The number of hydrogen-bond acceptors (Lipinski definition) is 5. The van der Waals surface area contributed by atoms with Crippen LogP contribution in [0.3, 0.4) is 0 Å². The smallest absolute Gasteiger partial charge is 0.239 e. The summed E-state index contributed by atoms with van der Waals surface area (Å²) in [5.74, 6) is 1.48. The number of hydrogen-bond donors (Lipinski definition) is 1. The maximum absolute atomic E-state index is 13.3. The molecule has 1 aliphatic rings. The van der Waals surface area contributed by atoms with Gasteiger partial charge in [-0.2, -0.15) is 5.10 Å². The Morgan fingerprint density at radius 1 is 1.12 bits per heavy atom. The van der Waals surface area contributed by atoms with Gasteiger partial charge in [0.2, 0.25) is 5.91 Å². The zero-order valence-corrected chi connectivity index (χ0v) is 17.8. The van der Waals surface area contributed by atoms with Crippen LogP contribution in [0.5, 0.6) is 0 Å². The molecule has 32 heavy (non-hydrogen) atoms. The molecule has 0 saturated carbocycles. The third-order valence-corrected chi connectivity index (χ3v) is 5.83. The monoisotopic (exact) mass is 433 g/mol. The molecule has 0 aliphatic carbocycles. The van der Waals surface area contributed by atoms with Crippen molar-refractivity contribution in [3.8, 4) is 5.69 Å². The molecule has 0 radical (unpaired) electrons. The van der Waals surface area contributed by atoms with Crippen molar-refractivity contribution in [1.29, 1.82) is 0 Å². The number of carbonyl (C=O) groups excluding carboxylic acids is 1. The summed E-state index contributed by atoms with van der Waals surface area (Å²) in [5, 5.41) is 16.0. The second kappa shape index (κ2) is 8.51. The molecule has 0 spiro atoms. The molecule has 8 nitrogen and oxygen atoms in total. The second-order valence-corrected chi connectivity index (χ2v) is 8.14. The van der Waals surface area contributed by atoms with Gasteiger partial charge >= 0.3 is 0 Å². The van der Waals surface area contributed by atoms with Crippen molar-refractivity contribution in [3.05, 3.63) is 72.1 Å². The van der Waals surface area contributed by atoms with Crippen LogP contribution in [0.15, 0.2) is 54.7 Å². The van der Waals surface area contributed by atoms with Crippen LogP contribution in [-0.2, 0) is 4.79 Å². The Hall–Kier alpha value is -3.59. The van der Waals surface area contributed by atoms with Crippen LogP contribution in [-0.4, -0.2) is 54.8 Å². The van der Waals surface area contributed by atoms with Gasteiger partial charge in [0.25, 0.3) is 0 Å². The zero-order valence-electron chi connectivity index (χ0n) is 17.8. The van der Waals surface area contributed by atoms with Gasteiger partial charge in [0.05, 0.1) is 17.9 Å². The highest BCUT2D eigenvalue weighted by Gasteiger charge is 2.25. The maximum Gasteiger partial charge on any atom is 0.239 e. The number of halogens is 1. The summed E-state index contributed by atoms with van der Waals surface area (Å²) in [5.41, 5.74) is 2.32. The predicted molar refractivity (Wildman–Crippen MR) is 118 cm³/mol. The number of aromatic nitrogens is 5. The molecule has 3 aromatic heterocycles. The van der Waals surface area contributed by atoms with Crippen molar-refractivity contribution in [2.75, 3.05) is 25.0 Å². The van der Waals surface area contributed by atoms with Gasteiger partial charge in [0.15, 0.2) is 5.65 Å². The number of nitrogens with zero attached hydrogens (tertiary/aromatic N) is 6. The average Bonchev–Trinajstić information content (AvgIpc) is 3.38. The molecule has 5 rings (SSSR count). The molecule has 4 aromatic rings. The zero-order chi connectivity index (χ0) is 22.1. The fourth-order valence-corrected chi connectivity index (χ4v) is 4.24. The first-order valence-electron chi connectivity index (χ1n) is 10.7. The van der Waals surface area contributed by atoms with Gasteiger partial charge in [-0.3, -0.25) is 14.1 Å². The summed E-state index contributed by atoms with van der Waals surface area (Å²) >= 11 is 0. The Morgan fingerprint density at radius 2 is 1.91 bits per heavy atom. The Kier molecular flexibility index (Phi) is 5.40. The molecule has 164 valence electrons. The van der Waals surface area contributed by atoms with Crippen LogP contribution >= 0.6 is 0 Å². The summed E-state index contributed by atoms with van der Waals surface area (Å²) < 4.78 is 16.9. The normalized spacial score (nSPS) is 15.3. The highest BCUT2D eigenvalue weighted by atomic mass is 19.1. The maximum atomic E-state index is 13.3. The van der Waals surface area contributed by atoms with E-state index < -0.39 is 0 Å². The standard InChI is InChI=1S/C23H24FN7O/c1-16-14-21(31(28-16)19-7-5-18(24)6-8-19)25-22(32)15-29-12-9-17(10-13-29)23-27-26-20-4-2-3-11-30(20)23/h2-8,11,14,17H,9-10,12-13,15H2,1H3,(H,25,32). The van der Waals surface area contributed by atoms with Gasteiger partial charge in [-0.1, -0.05) is 6.07 Å². The van der Waals surface area contributed by atoms with E-state index in [9.17, 15) is 9.18 Å². The van der Waals surface area contributed by atoms with Gasteiger partial charge in [-0.25, -0.2) is 9.07 Å². The number of pyridine rings is 1. The van der Waals surface area contributed by atoms with Crippen LogP contribution in [0.4, 0.5) is 10.2 Å². The number of nitrogens with one attached hydrogen (secondary N) is 1. The minimum Gasteiger partial charge on any atom is -0.309 e. The second-order valence-electron chi connectivity index (χ2n) is 8.14. The minimum atomic E-state index is -0.314. The van der Waals surface area contributed by atoms with Crippen LogP contribution in [0.2, 0.25) is 0 Å². The molecule has 0 bridgehead atoms. The lowest BCUT2D eigenvalue weighted by Crippen LogP contribution is -2.39. The Labute approximate surface area is 184 Å². The predicted octanol–water partition coefficient (Wildman–Crippen LogP) is 3.18. The lowest BCUT2D eigenvalue weighted by molar-refractivity contribution is -0.117. The van der Waals surface area contributed by atoms with Crippen molar-refractivity contribution in [2.24, 2.45) is 0 Å². The molecule has 0 unspecified atom stereocenters. The number of carbonyl (C=O) groups is 1. The van der Waals surface area contributed by atoms with Crippen LogP contribution in [0.1, 0.15) is 30.3 Å². The van der Waals surface area contributed by atoms with Crippen molar-refractivity contribution in [1.82, 2.24) is 29.3 Å². The molecule has 1 N–H and O–H groups in total. The molecule has 1 aromatic carbocycles. The number of anilines is 1. The Balaban J connectivity index is 1.20. The van der Waals surface area contributed by atoms with E-state index in [1.54, 1.807) is 16.8 Å². The third-order valence-electron chi connectivity index (χ3n) is 5.83. The van der Waals surface area contributed by atoms with E-state index in [-0.39, 0.29) is 11.7 Å². The van der Waals surface area contributed by atoms with Crippen molar-refractivity contribution >= 4 is 17.4 Å². The lowest BCUT2D eigenvalue weighted by Gasteiger charge is -2.30. The summed E-state index contributed by atoms with van der Waals surface area (Å²) in [4.78, 5) is 14.9. The number of likely N-dealkylation sites (tertiary alicyclic amines) is 1. The van der Waals surface area contributed by atoms with Crippen molar-refractivity contribution in [3.63, 3.8) is 0 Å². The van der Waals surface area contributed by atoms with Gasteiger partial charge in [0.1, 0.15) is 17.5 Å². The summed E-state index contributed by atoms with van der Waals surface area (Å²) in [6.45, 7) is 3.79. The molecule has 4 heterocycles. The molecule has 1 fully saturated rings. The number of piperidine rings is 1. The SMILES string of the molecule is Cc1cc(NC(=O)CN2CCC(c3nnc4ccccn34)CC2)n(-c2ccc(F)cc2)n1. The van der Waals surface area contributed by atoms with E-state index >= 15 is 0 Å². The van der Waals surface area contributed by atoms with Crippen LogP contribution in [0.25, 0.3) is 11.3 Å². The number of amides is 1. The van der Waals surface area contributed by atoms with Gasteiger partial charge in [-0.05, 0) is 69.3 Å². The topological polar surface area (TPSA) is 80.4 Å². The van der Waals surface area contributed by atoms with Crippen molar-refractivity contribution in [2.45, 2.75) is 25.7 Å². The molecule has 0 atom stereocenters. The minimum absolute atomic E-state index is 0.0976.